The van der Waals surface area contributed by atoms with E-state index in [1.54, 1.807) is 26.2 Å². The summed E-state index contributed by atoms with van der Waals surface area (Å²) in [5.41, 5.74) is 3.24. The number of methoxy groups -OCH3 is 1. The van der Waals surface area contributed by atoms with Gasteiger partial charge in [-0.3, -0.25) is 4.79 Å². The highest BCUT2D eigenvalue weighted by atomic mass is 32.2. The molecule has 1 atom stereocenters. The number of nitrogens with zero attached hydrogens (tertiary/aromatic N) is 2. The molecule has 1 aliphatic rings. The number of rotatable bonds is 11. The van der Waals surface area contributed by atoms with Crippen molar-refractivity contribution in [2.75, 3.05) is 32.6 Å². The zero-order valence-electron chi connectivity index (χ0n) is 20.1. The molecule has 1 N–H and O–H groups in total. The molecule has 0 radical (unpaired) electrons. The lowest BCUT2D eigenvalue weighted by Crippen LogP contribution is -2.32. The number of ether oxygens (including phenoxy) is 3. The number of carbonyl (C=O) groups is 2. The number of thioether (sulfide) groups is 1. The van der Waals surface area contributed by atoms with Crippen LogP contribution < -0.4 is 10.1 Å². The van der Waals surface area contributed by atoms with Crippen molar-refractivity contribution < 1.29 is 23.8 Å². The number of imidazole rings is 1. The van der Waals surface area contributed by atoms with Gasteiger partial charge >= 0.3 is 5.97 Å². The van der Waals surface area contributed by atoms with Crippen LogP contribution in [0.2, 0.25) is 0 Å². The fourth-order valence-corrected chi connectivity index (χ4v) is 4.89. The Morgan fingerprint density at radius 3 is 2.77 bits per heavy atom. The fourth-order valence-electron chi connectivity index (χ4n) is 4.02. The summed E-state index contributed by atoms with van der Waals surface area (Å²) in [5, 5.41) is 3.70. The topological polar surface area (TPSA) is 91.7 Å². The van der Waals surface area contributed by atoms with Gasteiger partial charge < -0.3 is 24.1 Å². The number of nitrogens with one attached hydrogen (secondary N) is 1. The summed E-state index contributed by atoms with van der Waals surface area (Å²) in [6.45, 7) is 4.08. The number of aryl methyl sites for hydroxylation is 2. The van der Waals surface area contributed by atoms with Crippen molar-refractivity contribution >= 4 is 34.7 Å². The number of carbonyl (C=O) groups excluding carboxylic acids is 2. The van der Waals surface area contributed by atoms with Gasteiger partial charge in [0.1, 0.15) is 5.75 Å². The molecule has 8 nitrogen and oxygen atoms in total. The summed E-state index contributed by atoms with van der Waals surface area (Å²) in [6.07, 6.45) is 2.92. The van der Waals surface area contributed by atoms with Crippen molar-refractivity contribution in [2.45, 2.75) is 44.0 Å². The Bertz CT molecular complexity index is 1160. The van der Waals surface area contributed by atoms with E-state index in [-0.39, 0.29) is 23.7 Å². The lowest BCUT2D eigenvalue weighted by atomic mass is 10.1. The number of benzene rings is 2. The number of hydrogen-bond donors (Lipinski definition) is 1. The van der Waals surface area contributed by atoms with Gasteiger partial charge in [-0.2, -0.15) is 0 Å². The van der Waals surface area contributed by atoms with Crippen molar-refractivity contribution in [3.63, 3.8) is 0 Å². The van der Waals surface area contributed by atoms with Crippen LogP contribution in [0, 0.1) is 0 Å². The Morgan fingerprint density at radius 2 is 2.06 bits per heavy atom. The molecule has 1 aliphatic heterocycles. The minimum atomic E-state index is -0.370. The van der Waals surface area contributed by atoms with Gasteiger partial charge in [-0.1, -0.05) is 23.9 Å². The predicted molar refractivity (Wildman–Crippen MR) is 135 cm³/mol. The first kappa shape index (κ1) is 25.1. The Balaban J connectivity index is 1.50. The summed E-state index contributed by atoms with van der Waals surface area (Å²) < 4.78 is 18.1. The first-order chi connectivity index (χ1) is 17.1. The molecule has 0 spiro atoms. The van der Waals surface area contributed by atoms with Gasteiger partial charge in [0.05, 0.1) is 42.2 Å². The van der Waals surface area contributed by atoms with Crippen LogP contribution in [-0.4, -0.2) is 60.2 Å². The van der Waals surface area contributed by atoms with Crippen LogP contribution in [0.4, 0.5) is 0 Å². The zero-order chi connectivity index (χ0) is 24.6. The van der Waals surface area contributed by atoms with E-state index in [0.29, 0.717) is 30.8 Å². The second-order valence-corrected chi connectivity index (χ2v) is 9.24. The molecular formula is C26H31N3O5S. The van der Waals surface area contributed by atoms with Gasteiger partial charge in [0.25, 0.3) is 0 Å². The van der Waals surface area contributed by atoms with Crippen LogP contribution in [0.15, 0.2) is 47.6 Å². The molecular weight excluding hydrogens is 466 g/mol. The molecule has 0 bridgehead atoms. The first-order valence-electron chi connectivity index (χ1n) is 11.9. The first-order valence-corrected chi connectivity index (χ1v) is 12.9. The molecule has 4 rings (SSSR count). The van der Waals surface area contributed by atoms with Crippen LogP contribution in [0.3, 0.4) is 0 Å². The number of hydrogen-bond acceptors (Lipinski definition) is 7. The Hall–Kier alpha value is -3.04. The van der Waals surface area contributed by atoms with Crippen LogP contribution in [0.1, 0.15) is 35.7 Å². The zero-order valence-corrected chi connectivity index (χ0v) is 20.9. The monoisotopic (exact) mass is 497 g/mol. The third-order valence-electron chi connectivity index (χ3n) is 5.89. The van der Waals surface area contributed by atoms with Crippen molar-refractivity contribution in [2.24, 2.45) is 0 Å². The van der Waals surface area contributed by atoms with Gasteiger partial charge in [0.15, 0.2) is 5.16 Å². The molecule has 35 heavy (non-hydrogen) atoms. The van der Waals surface area contributed by atoms with Crippen LogP contribution in [0.25, 0.3) is 11.0 Å². The molecule has 1 amide bonds. The molecule has 1 fully saturated rings. The Labute approximate surface area is 209 Å². The summed E-state index contributed by atoms with van der Waals surface area (Å²) in [7, 11) is 1.65. The molecule has 2 heterocycles. The summed E-state index contributed by atoms with van der Waals surface area (Å²) in [6, 6.07) is 13.4. The quantitative estimate of drug-likeness (QED) is 0.318. The highest BCUT2D eigenvalue weighted by Crippen LogP contribution is 2.26. The Kier molecular flexibility index (Phi) is 8.65. The molecule has 1 aromatic heterocycles. The lowest BCUT2D eigenvalue weighted by Gasteiger charge is -2.12. The van der Waals surface area contributed by atoms with Crippen molar-refractivity contribution in [1.29, 1.82) is 0 Å². The van der Waals surface area contributed by atoms with Crippen molar-refractivity contribution in [3.8, 4) is 5.75 Å². The summed E-state index contributed by atoms with van der Waals surface area (Å²) in [4.78, 5) is 29.4. The SMILES string of the molecule is CCOC(=O)c1ccc2c(c1)nc(SCC(=O)NC[C@H]1CCCO1)n2CCc1ccc(OC)cc1. The van der Waals surface area contributed by atoms with Crippen molar-refractivity contribution in [1.82, 2.24) is 14.9 Å². The maximum Gasteiger partial charge on any atom is 0.338 e. The molecule has 0 unspecified atom stereocenters. The molecule has 1 saturated heterocycles. The highest BCUT2D eigenvalue weighted by Gasteiger charge is 2.18. The van der Waals surface area contributed by atoms with E-state index < -0.39 is 0 Å². The standard InChI is InChI=1S/C26H31N3O5S/c1-3-33-25(31)19-8-11-23-22(15-19)28-26(35-17-24(30)27-16-21-5-4-14-34-21)29(23)13-12-18-6-9-20(32-2)10-7-18/h6-11,15,21H,3-5,12-14,16-17H2,1-2H3,(H,27,30)/t21-/m1/s1. The van der Waals surface area contributed by atoms with E-state index in [9.17, 15) is 9.59 Å². The van der Waals surface area contributed by atoms with Gasteiger partial charge in [-0.25, -0.2) is 9.78 Å². The maximum absolute atomic E-state index is 12.5. The van der Waals surface area contributed by atoms with E-state index in [1.165, 1.54) is 17.3 Å². The average Bonchev–Trinajstić information content (AvgIpc) is 3.52. The van der Waals surface area contributed by atoms with E-state index >= 15 is 0 Å². The summed E-state index contributed by atoms with van der Waals surface area (Å²) in [5.74, 6) is 0.651. The average molecular weight is 498 g/mol. The second kappa shape index (κ2) is 12.1. The van der Waals surface area contributed by atoms with Crippen LogP contribution in [-0.2, 0) is 27.2 Å². The smallest absolute Gasteiger partial charge is 0.338 e. The van der Waals surface area contributed by atoms with E-state index in [1.807, 2.05) is 30.3 Å². The maximum atomic E-state index is 12.5. The fraction of sp³-hybridized carbons (Fsp3) is 0.423. The van der Waals surface area contributed by atoms with E-state index in [4.69, 9.17) is 19.2 Å². The van der Waals surface area contributed by atoms with Crippen LogP contribution >= 0.6 is 11.8 Å². The number of esters is 1. The molecule has 186 valence electrons. The minimum Gasteiger partial charge on any atom is -0.497 e. The lowest BCUT2D eigenvalue weighted by molar-refractivity contribution is -0.119. The molecule has 2 aromatic carbocycles. The van der Waals surface area contributed by atoms with Gasteiger partial charge in [0, 0.05) is 19.7 Å². The number of aromatic nitrogens is 2. The number of amides is 1. The van der Waals surface area contributed by atoms with Gasteiger partial charge in [0.2, 0.25) is 5.91 Å². The Morgan fingerprint density at radius 1 is 1.23 bits per heavy atom. The minimum absolute atomic E-state index is 0.0496. The molecule has 3 aromatic rings. The summed E-state index contributed by atoms with van der Waals surface area (Å²) >= 11 is 1.39. The van der Waals surface area contributed by atoms with E-state index in [2.05, 4.69) is 9.88 Å². The molecule has 9 heteroatoms. The van der Waals surface area contributed by atoms with Crippen LogP contribution in [0.5, 0.6) is 5.75 Å². The molecule has 0 aliphatic carbocycles. The predicted octanol–water partition coefficient (Wildman–Crippen LogP) is 3.85. The second-order valence-electron chi connectivity index (χ2n) is 8.30. The van der Waals surface area contributed by atoms with Gasteiger partial charge in [-0.05, 0) is 62.1 Å². The van der Waals surface area contributed by atoms with Crippen molar-refractivity contribution in [3.05, 3.63) is 53.6 Å². The highest BCUT2D eigenvalue weighted by molar-refractivity contribution is 7.99. The number of fused-ring (bicyclic) bond motifs is 1. The third-order valence-corrected chi connectivity index (χ3v) is 6.87. The third kappa shape index (κ3) is 6.55. The van der Waals surface area contributed by atoms with E-state index in [0.717, 1.165) is 42.3 Å². The largest absolute Gasteiger partial charge is 0.497 e. The normalized spacial score (nSPS) is 15.3. The molecule has 0 saturated carbocycles. The van der Waals surface area contributed by atoms with Gasteiger partial charge in [-0.15, -0.1) is 0 Å².